The number of carboxylic acids is 1. The van der Waals surface area contributed by atoms with Gasteiger partial charge in [-0.1, -0.05) is 47.7 Å². The van der Waals surface area contributed by atoms with Crippen LogP contribution in [-0.2, 0) is 34.0 Å². The number of aromatic nitrogens is 4. The number of rotatable bonds is 17. The van der Waals surface area contributed by atoms with Crippen LogP contribution in [0.15, 0.2) is 83.9 Å². The number of alkyl carbamates (subject to hydrolysis) is 1. The number of hydrogen-bond acceptors (Lipinski definition) is 11. The van der Waals surface area contributed by atoms with Crippen molar-refractivity contribution in [3.8, 4) is 0 Å². The number of amides is 5. The van der Waals surface area contributed by atoms with Gasteiger partial charge in [0.05, 0.1) is 23.4 Å². The first-order valence-electron chi connectivity index (χ1n) is 21.0. The SMILES string of the molecule is CCn1cc(C(=O)O)c(=O)c2cc(F)c(N3CCN(C(=O)OCc4ccc(NC(=O)[C@H](CCCNC(N)=O)n5cc([C@@H](NC(=O)OCc6ccccc6)C6CC6)nn5)cc4)CC3)cc21. The number of anilines is 2. The lowest BCUT2D eigenvalue weighted by Crippen LogP contribution is -2.49. The number of urea groups is 1. The third-order valence-corrected chi connectivity index (χ3v) is 11.2. The zero-order valence-electron chi connectivity index (χ0n) is 35.1. The third kappa shape index (κ3) is 10.9. The number of ether oxygens (including phenoxy) is 2. The van der Waals surface area contributed by atoms with E-state index in [9.17, 15) is 33.9 Å². The van der Waals surface area contributed by atoms with Crippen molar-refractivity contribution in [3.63, 3.8) is 0 Å². The minimum Gasteiger partial charge on any atom is -0.477 e. The van der Waals surface area contributed by atoms with Crippen LogP contribution in [0.4, 0.5) is 30.1 Å². The molecule has 19 nitrogen and oxygen atoms in total. The summed E-state index contributed by atoms with van der Waals surface area (Å²) < 4.78 is 29.4. The van der Waals surface area contributed by atoms with E-state index in [1.807, 2.05) is 30.3 Å². The van der Waals surface area contributed by atoms with Crippen molar-refractivity contribution < 1.29 is 42.9 Å². The number of piperazine rings is 1. The van der Waals surface area contributed by atoms with Crippen LogP contribution in [0.1, 0.15) is 71.9 Å². The van der Waals surface area contributed by atoms with Gasteiger partial charge in [0, 0.05) is 56.5 Å². The highest BCUT2D eigenvalue weighted by atomic mass is 19.1. The minimum absolute atomic E-state index is 0.0232. The molecule has 1 aliphatic carbocycles. The van der Waals surface area contributed by atoms with Crippen LogP contribution in [0.5, 0.6) is 0 Å². The molecule has 2 atom stereocenters. The number of carbonyl (C=O) groups excluding carboxylic acids is 4. The van der Waals surface area contributed by atoms with Crippen molar-refractivity contribution >= 4 is 52.4 Å². The van der Waals surface area contributed by atoms with Crippen LogP contribution in [0.25, 0.3) is 10.9 Å². The topological polar surface area (TPSA) is 245 Å². The lowest BCUT2D eigenvalue weighted by molar-refractivity contribution is -0.119. The van der Waals surface area contributed by atoms with E-state index >= 15 is 4.39 Å². The Kier molecular flexibility index (Phi) is 14.0. The van der Waals surface area contributed by atoms with Crippen LogP contribution in [0.3, 0.4) is 0 Å². The maximum Gasteiger partial charge on any atom is 0.410 e. The Hall–Kier alpha value is -7.51. The van der Waals surface area contributed by atoms with E-state index in [1.165, 1.54) is 21.8 Å². The van der Waals surface area contributed by atoms with E-state index in [0.29, 0.717) is 35.4 Å². The fourth-order valence-corrected chi connectivity index (χ4v) is 7.56. The van der Waals surface area contributed by atoms with E-state index in [0.717, 1.165) is 24.5 Å². The molecule has 0 unspecified atom stereocenters. The number of nitrogens with zero attached hydrogens (tertiary/aromatic N) is 6. The number of benzene rings is 3. The quantitative estimate of drug-likeness (QED) is 0.0782. The lowest BCUT2D eigenvalue weighted by atomic mass is 10.1. The van der Waals surface area contributed by atoms with Crippen LogP contribution >= 0.6 is 0 Å². The predicted octanol–water partition coefficient (Wildman–Crippen LogP) is 4.91. The molecule has 2 aromatic heterocycles. The molecule has 336 valence electrons. The Morgan fingerprint density at radius 2 is 1.64 bits per heavy atom. The van der Waals surface area contributed by atoms with Gasteiger partial charge in [0.25, 0.3) is 0 Å². The van der Waals surface area contributed by atoms with Gasteiger partial charge in [-0.15, -0.1) is 5.10 Å². The molecule has 3 aromatic carbocycles. The van der Waals surface area contributed by atoms with Gasteiger partial charge in [0.1, 0.15) is 36.3 Å². The second kappa shape index (κ2) is 20.1. The Morgan fingerprint density at radius 3 is 2.31 bits per heavy atom. The maximum atomic E-state index is 15.4. The molecule has 2 fully saturated rings. The molecule has 5 amide bonds. The molecule has 7 rings (SSSR count). The van der Waals surface area contributed by atoms with E-state index in [1.54, 1.807) is 46.9 Å². The van der Waals surface area contributed by atoms with Crippen molar-refractivity contribution in [3.05, 3.63) is 118 Å². The Balaban J connectivity index is 0.929. The highest BCUT2D eigenvalue weighted by molar-refractivity contribution is 5.94. The molecule has 1 aliphatic heterocycles. The largest absolute Gasteiger partial charge is 0.477 e. The zero-order valence-corrected chi connectivity index (χ0v) is 35.1. The average Bonchev–Trinajstić information content (AvgIpc) is 4.03. The van der Waals surface area contributed by atoms with Crippen LogP contribution < -0.4 is 32.0 Å². The molecular formula is C44H49FN10O9. The molecule has 0 spiro atoms. The molecule has 3 heterocycles. The number of carbonyl (C=O) groups is 5. The smallest absolute Gasteiger partial charge is 0.410 e. The molecular weight excluding hydrogens is 832 g/mol. The summed E-state index contributed by atoms with van der Waals surface area (Å²) >= 11 is 0. The number of aromatic carboxylic acids is 1. The van der Waals surface area contributed by atoms with Crippen molar-refractivity contribution in [1.29, 1.82) is 0 Å². The summed E-state index contributed by atoms with van der Waals surface area (Å²) in [6, 6.07) is 16.7. The number of carboxylic acid groups (broad SMARTS) is 1. The van der Waals surface area contributed by atoms with Gasteiger partial charge in [-0.2, -0.15) is 0 Å². The molecule has 0 bridgehead atoms. The van der Waals surface area contributed by atoms with Crippen LogP contribution in [-0.4, -0.2) is 92.4 Å². The second-order valence-corrected chi connectivity index (χ2v) is 15.6. The first kappa shape index (κ1) is 44.5. The number of halogens is 1. The number of aryl methyl sites for hydroxylation is 1. The van der Waals surface area contributed by atoms with E-state index in [-0.39, 0.29) is 69.3 Å². The molecule has 0 radical (unpaired) electrons. The normalized spacial score (nSPS) is 14.7. The van der Waals surface area contributed by atoms with Crippen LogP contribution in [0, 0.1) is 11.7 Å². The molecule has 64 heavy (non-hydrogen) atoms. The van der Waals surface area contributed by atoms with E-state index < -0.39 is 59.0 Å². The molecule has 20 heteroatoms. The minimum atomic E-state index is -1.38. The Bertz CT molecular complexity index is 2560. The number of fused-ring (bicyclic) bond motifs is 1. The monoisotopic (exact) mass is 880 g/mol. The fraction of sp³-hybridized carbons (Fsp3) is 0.364. The van der Waals surface area contributed by atoms with E-state index in [2.05, 4.69) is 26.3 Å². The van der Waals surface area contributed by atoms with Gasteiger partial charge >= 0.3 is 24.2 Å². The van der Waals surface area contributed by atoms with Gasteiger partial charge < -0.3 is 50.6 Å². The number of pyridine rings is 1. The summed E-state index contributed by atoms with van der Waals surface area (Å²) in [6.07, 6.45) is 4.17. The maximum absolute atomic E-state index is 15.4. The molecule has 1 saturated heterocycles. The lowest BCUT2D eigenvalue weighted by Gasteiger charge is -2.35. The summed E-state index contributed by atoms with van der Waals surface area (Å²) in [6.45, 7) is 3.50. The van der Waals surface area contributed by atoms with Crippen molar-refractivity contribution in [2.75, 3.05) is 42.9 Å². The summed E-state index contributed by atoms with van der Waals surface area (Å²) in [7, 11) is 0. The van der Waals surface area contributed by atoms with Gasteiger partial charge in [-0.25, -0.2) is 28.3 Å². The number of nitrogens with two attached hydrogens (primary N) is 1. The molecule has 5 aromatic rings. The average molecular weight is 881 g/mol. The summed E-state index contributed by atoms with van der Waals surface area (Å²) in [5, 5.41) is 26.4. The molecule has 1 saturated carbocycles. The van der Waals surface area contributed by atoms with Crippen LogP contribution in [0.2, 0.25) is 0 Å². The third-order valence-electron chi connectivity index (χ3n) is 11.2. The van der Waals surface area contributed by atoms with Crippen molar-refractivity contribution in [2.24, 2.45) is 11.7 Å². The summed E-state index contributed by atoms with van der Waals surface area (Å²) in [5.41, 5.74) is 7.15. The Labute approximate surface area is 366 Å². The van der Waals surface area contributed by atoms with Crippen molar-refractivity contribution in [2.45, 2.75) is 64.4 Å². The van der Waals surface area contributed by atoms with Gasteiger partial charge in [0.15, 0.2) is 0 Å². The second-order valence-electron chi connectivity index (χ2n) is 15.6. The fourth-order valence-electron chi connectivity index (χ4n) is 7.56. The van der Waals surface area contributed by atoms with Gasteiger partial charge in [0.2, 0.25) is 11.3 Å². The van der Waals surface area contributed by atoms with E-state index in [4.69, 9.17) is 15.2 Å². The zero-order chi connectivity index (χ0) is 45.3. The number of hydrogen-bond donors (Lipinski definition) is 5. The highest BCUT2D eigenvalue weighted by Crippen LogP contribution is 2.40. The first-order valence-corrected chi connectivity index (χ1v) is 21.0. The predicted molar refractivity (Wildman–Crippen MR) is 231 cm³/mol. The highest BCUT2D eigenvalue weighted by Gasteiger charge is 2.36. The molecule has 6 N–H and O–H groups in total. The number of nitrogens with one attached hydrogen (secondary N) is 3. The summed E-state index contributed by atoms with van der Waals surface area (Å²) in [4.78, 5) is 78.5. The Morgan fingerprint density at radius 1 is 0.938 bits per heavy atom. The standard InChI is InChI=1S/C44H49FN10O9/c1-2-52-23-32(41(58)59)39(56)31-21-33(45)37(22-36(31)52)53-17-19-54(20-18-53)44(62)64-26-28-10-14-30(15-11-28)48-40(57)35(9-6-16-47-42(46)60)55-24-34(50-51-55)38(29-12-13-29)49-43(61)63-25-27-7-4-3-5-8-27/h3-5,7-8,10-11,14-15,21-24,29,35,38H,2,6,9,12-13,16-20,25-26H2,1H3,(H,48,57)(H,49,61)(H,58,59)(H3,46,47,60)/t35-,38-/m0/s1. The van der Waals surface area contributed by atoms with Gasteiger partial charge in [-0.05, 0) is 73.9 Å². The number of primary amides is 1. The first-order chi connectivity index (χ1) is 30.9. The summed E-state index contributed by atoms with van der Waals surface area (Å²) in [5.74, 6) is -2.31. The molecule has 2 aliphatic rings. The van der Waals surface area contributed by atoms with Gasteiger partial charge in [-0.3, -0.25) is 9.59 Å². The van der Waals surface area contributed by atoms with Crippen molar-refractivity contribution in [1.82, 2.24) is 35.1 Å².